The maximum atomic E-state index is 6.42. The molecule has 0 bridgehead atoms. The molecular weight excluding hydrogens is 745 g/mol. The fourth-order valence-electron chi connectivity index (χ4n) is 6.12. The van der Waals surface area contributed by atoms with Crippen LogP contribution in [0.4, 0.5) is 5.82 Å². The third-order valence-electron chi connectivity index (χ3n) is 10.2. The number of rotatable bonds is 26. The number of aryl methyl sites for hydroxylation is 1. The lowest BCUT2D eigenvalue weighted by Gasteiger charge is -2.32. The van der Waals surface area contributed by atoms with Crippen LogP contribution in [0, 0.1) is 6.92 Å². The maximum absolute atomic E-state index is 6.42. The largest absolute Gasteiger partial charge is 0.497 e. The molecule has 15 heteroatoms. The van der Waals surface area contributed by atoms with Gasteiger partial charge in [0.1, 0.15) is 23.9 Å². The molecule has 0 amide bonds. The minimum Gasteiger partial charge on any atom is -0.497 e. The average molecular weight is 806 g/mol. The number of hydrogen-bond donors (Lipinski definition) is 1. The highest BCUT2D eigenvalue weighted by molar-refractivity contribution is 6.62. The zero-order valence-electron chi connectivity index (χ0n) is 35.4. The Balaban J connectivity index is 1.18. The highest BCUT2D eigenvalue weighted by atomic mass is 16.7. The molecule has 5 rings (SSSR count). The number of anilines is 1. The number of ether oxygens (including phenoxy) is 9. The first kappa shape index (κ1) is 45.0. The van der Waals surface area contributed by atoms with E-state index >= 15 is 0 Å². The fraction of sp³-hybridized carbons (Fsp3) is 0.535. The lowest BCUT2D eigenvalue weighted by Crippen LogP contribution is -2.41. The van der Waals surface area contributed by atoms with Crippen LogP contribution in [0.25, 0.3) is 21.9 Å². The van der Waals surface area contributed by atoms with Gasteiger partial charge in [-0.3, -0.25) is 0 Å². The van der Waals surface area contributed by atoms with Crippen molar-refractivity contribution in [2.24, 2.45) is 0 Å². The van der Waals surface area contributed by atoms with E-state index < -0.39 is 18.3 Å². The normalized spacial score (nSPS) is 14.6. The van der Waals surface area contributed by atoms with Crippen LogP contribution < -0.4 is 25.0 Å². The van der Waals surface area contributed by atoms with Gasteiger partial charge < -0.3 is 57.3 Å². The topological polar surface area (TPSA) is 139 Å². The minimum absolute atomic E-state index is 0.352. The van der Waals surface area contributed by atoms with Crippen LogP contribution in [0.1, 0.15) is 39.0 Å². The fourth-order valence-corrected chi connectivity index (χ4v) is 6.12. The van der Waals surface area contributed by atoms with Crippen LogP contribution in [-0.2, 0) is 44.3 Å². The van der Waals surface area contributed by atoms with E-state index in [9.17, 15) is 0 Å². The van der Waals surface area contributed by atoms with E-state index in [-0.39, 0.29) is 0 Å². The van der Waals surface area contributed by atoms with E-state index in [1.807, 2.05) is 37.3 Å². The third-order valence-corrected chi connectivity index (χ3v) is 10.2. The summed E-state index contributed by atoms with van der Waals surface area (Å²) in [7, 11) is 4.39. The second-order valence-corrected chi connectivity index (χ2v) is 14.7. The van der Waals surface area contributed by atoms with Gasteiger partial charge in [-0.15, -0.1) is 5.10 Å². The first-order valence-corrected chi connectivity index (χ1v) is 19.8. The van der Waals surface area contributed by atoms with Crippen LogP contribution >= 0.6 is 0 Å². The van der Waals surface area contributed by atoms with E-state index in [4.69, 9.17) is 51.9 Å². The van der Waals surface area contributed by atoms with E-state index in [1.54, 1.807) is 21.3 Å². The zero-order valence-corrected chi connectivity index (χ0v) is 35.4. The summed E-state index contributed by atoms with van der Waals surface area (Å²) >= 11 is 0. The summed E-state index contributed by atoms with van der Waals surface area (Å²) in [6.07, 6.45) is 0. The Hall–Kier alpha value is -4.06. The number of aromatic nitrogens is 2. The molecule has 0 spiro atoms. The number of fused-ring (bicyclic) bond motifs is 1. The van der Waals surface area contributed by atoms with E-state index in [0.717, 1.165) is 50.1 Å². The van der Waals surface area contributed by atoms with Crippen molar-refractivity contribution in [1.82, 2.24) is 10.2 Å². The summed E-state index contributed by atoms with van der Waals surface area (Å²) in [6, 6.07) is 18.1. The van der Waals surface area contributed by atoms with Crippen LogP contribution in [0.2, 0.25) is 0 Å². The molecule has 1 N–H and O–H groups in total. The van der Waals surface area contributed by atoms with Gasteiger partial charge in [0.2, 0.25) is 0 Å². The molecular formula is C43H60BN3O11. The molecule has 1 aliphatic heterocycles. The molecule has 316 valence electrons. The number of hydrogen-bond acceptors (Lipinski definition) is 14. The number of benzene rings is 3. The van der Waals surface area contributed by atoms with Crippen molar-refractivity contribution in [2.45, 2.75) is 52.4 Å². The van der Waals surface area contributed by atoms with Crippen molar-refractivity contribution in [1.29, 1.82) is 0 Å². The Bertz CT molecular complexity index is 1860. The Kier molecular flexibility index (Phi) is 17.4. The Morgan fingerprint density at radius 1 is 0.603 bits per heavy atom. The smallest absolute Gasteiger partial charge is 0.494 e. The van der Waals surface area contributed by atoms with Crippen molar-refractivity contribution in [3.63, 3.8) is 0 Å². The SMILES string of the molecule is COCCOCCOCCOCCOCCOCCOc1ccc(B2OC(C)(C)C(C)(C)O2)cc1-c1ccc2c(NCc3ccc(OC)cc3OC)nnc(C)c2c1. The van der Waals surface area contributed by atoms with Gasteiger partial charge in [0.15, 0.2) is 5.82 Å². The highest BCUT2D eigenvalue weighted by Crippen LogP contribution is 2.38. The van der Waals surface area contributed by atoms with Gasteiger partial charge in [-0.1, -0.05) is 18.2 Å². The standard InChI is InChI=1S/C43H60BN3O11/c1-31-37-27-32(10-13-36(37)41(47-46-31)45-30-33-9-12-35(49-7)29-40(33)50-8)38-28-34(44-57-42(2,3)43(4,5)58-44)11-14-39(38)56-26-25-55-24-23-54-22-21-53-20-19-52-18-17-51-16-15-48-6/h9-14,27-29H,15-26,30H2,1-8H3,(H,45,47). The van der Waals surface area contributed by atoms with Crippen molar-refractivity contribution < 1.29 is 51.9 Å². The molecule has 0 unspecified atom stereocenters. The van der Waals surface area contributed by atoms with Crippen molar-refractivity contribution in [3.05, 3.63) is 65.9 Å². The number of methoxy groups -OCH3 is 3. The molecule has 1 fully saturated rings. The van der Waals surface area contributed by atoms with Gasteiger partial charge in [0.25, 0.3) is 0 Å². The van der Waals surface area contributed by atoms with Crippen LogP contribution in [0.15, 0.2) is 54.6 Å². The molecule has 2 heterocycles. The molecule has 0 atom stereocenters. The van der Waals surface area contributed by atoms with Gasteiger partial charge in [0.05, 0.1) is 104 Å². The first-order valence-electron chi connectivity index (χ1n) is 19.8. The van der Waals surface area contributed by atoms with Crippen LogP contribution in [-0.4, -0.2) is 129 Å². The highest BCUT2D eigenvalue weighted by Gasteiger charge is 2.51. The Labute approximate surface area is 343 Å². The molecule has 1 aliphatic rings. The predicted octanol–water partition coefficient (Wildman–Crippen LogP) is 5.64. The van der Waals surface area contributed by atoms with Crippen molar-refractivity contribution in [3.8, 4) is 28.4 Å². The van der Waals surface area contributed by atoms with Gasteiger partial charge >= 0.3 is 7.12 Å². The molecule has 1 saturated heterocycles. The monoisotopic (exact) mass is 805 g/mol. The molecule has 1 aromatic heterocycles. The van der Waals surface area contributed by atoms with Crippen molar-refractivity contribution in [2.75, 3.05) is 106 Å². The molecule has 58 heavy (non-hydrogen) atoms. The summed E-state index contributed by atoms with van der Waals surface area (Å²) in [5.74, 6) is 2.83. The number of nitrogens with one attached hydrogen (secondary N) is 1. The lowest BCUT2D eigenvalue weighted by atomic mass is 9.77. The van der Waals surface area contributed by atoms with E-state index in [1.165, 1.54) is 0 Å². The number of nitrogens with zero attached hydrogens (tertiary/aromatic N) is 2. The molecule has 0 radical (unpaired) electrons. The predicted molar refractivity (Wildman–Crippen MR) is 224 cm³/mol. The summed E-state index contributed by atoms with van der Waals surface area (Å²) in [4.78, 5) is 0. The quantitative estimate of drug-likeness (QED) is 0.0619. The van der Waals surface area contributed by atoms with Gasteiger partial charge in [-0.2, -0.15) is 5.10 Å². The second-order valence-electron chi connectivity index (χ2n) is 14.7. The minimum atomic E-state index is -0.532. The summed E-state index contributed by atoms with van der Waals surface area (Å²) in [5.41, 5.74) is 3.56. The Morgan fingerprint density at radius 2 is 1.21 bits per heavy atom. The zero-order chi connectivity index (χ0) is 41.4. The van der Waals surface area contributed by atoms with Crippen LogP contribution in [0.5, 0.6) is 17.2 Å². The molecule has 0 aliphatic carbocycles. The van der Waals surface area contributed by atoms with Crippen molar-refractivity contribution >= 4 is 29.2 Å². The first-order chi connectivity index (χ1) is 28.1. The van der Waals surface area contributed by atoms with Crippen LogP contribution in [0.3, 0.4) is 0 Å². The average Bonchev–Trinajstić information content (AvgIpc) is 3.45. The summed E-state index contributed by atoms with van der Waals surface area (Å²) in [6.45, 7) is 16.5. The maximum Gasteiger partial charge on any atom is 0.494 e. The van der Waals surface area contributed by atoms with Gasteiger partial charge in [-0.25, -0.2) is 0 Å². The Morgan fingerprint density at radius 3 is 1.79 bits per heavy atom. The second kappa shape index (κ2) is 22.4. The van der Waals surface area contributed by atoms with E-state index in [2.05, 4.69) is 67.5 Å². The molecule has 4 aromatic rings. The molecule has 0 saturated carbocycles. The lowest BCUT2D eigenvalue weighted by molar-refractivity contribution is -0.0159. The van der Waals surface area contributed by atoms with Gasteiger partial charge in [-0.05, 0) is 76.0 Å². The summed E-state index contributed by atoms with van der Waals surface area (Å²) < 4.78 is 63.0. The van der Waals surface area contributed by atoms with E-state index in [0.29, 0.717) is 97.4 Å². The summed E-state index contributed by atoms with van der Waals surface area (Å²) in [5, 5.41) is 14.4. The molecule has 3 aromatic carbocycles. The third kappa shape index (κ3) is 12.5. The molecule has 14 nitrogen and oxygen atoms in total. The van der Waals surface area contributed by atoms with Gasteiger partial charge in [0, 0.05) is 41.6 Å².